The summed E-state index contributed by atoms with van der Waals surface area (Å²) in [5.74, 6) is 0.0128. The third kappa shape index (κ3) is 5.33. The van der Waals surface area contributed by atoms with E-state index in [1.165, 1.54) is 22.3 Å². The summed E-state index contributed by atoms with van der Waals surface area (Å²) in [7, 11) is 0. The third-order valence-corrected chi connectivity index (χ3v) is 8.15. The Balaban J connectivity index is 1.42. The molecular weight excluding hydrogens is 532 g/mol. The second kappa shape index (κ2) is 11.1. The number of imidazole rings is 1. The summed E-state index contributed by atoms with van der Waals surface area (Å²) < 4.78 is 0.970. The Morgan fingerprint density at radius 1 is 1.24 bits per heavy atom. The number of benzene rings is 1. The highest BCUT2D eigenvalue weighted by atomic mass is 79.9. The van der Waals surface area contributed by atoms with Crippen molar-refractivity contribution in [2.24, 2.45) is 0 Å². The molecule has 3 aromatic rings. The van der Waals surface area contributed by atoms with Crippen molar-refractivity contribution in [3.05, 3.63) is 81.1 Å². The summed E-state index contributed by atoms with van der Waals surface area (Å²) in [6.45, 7) is 6.31. The lowest BCUT2D eigenvalue weighted by Crippen LogP contribution is -2.59. The molecule has 0 bridgehead atoms. The molecule has 1 fully saturated rings. The van der Waals surface area contributed by atoms with E-state index in [0.717, 1.165) is 41.5 Å². The van der Waals surface area contributed by atoms with Crippen LogP contribution in [0.5, 0.6) is 0 Å². The lowest BCUT2D eigenvalue weighted by atomic mass is 9.94. The number of rotatable bonds is 7. The van der Waals surface area contributed by atoms with Crippen molar-refractivity contribution in [2.45, 2.75) is 51.1 Å². The number of amides is 2. The number of aryl methyl sites for hydroxylation is 3. The average molecular weight is 566 g/mol. The molecule has 2 aliphatic rings. The first-order valence-corrected chi connectivity index (χ1v) is 13.7. The summed E-state index contributed by atoms with van der Waals surface area (Å²) in [4.78, 5) is 41.5. The van der Waals surface area contributed by atoms with Gasteiger partial charge in [-0.25, -0.2) is 4.98 Å². The van der Waals surface area contributed by atoms with E-state index in [0.29, 0.717) is 26.2 Å². The van der Waals surface area contributed by atoms with Gasteiger partial charge in [0.15, 0.2) is 0 Å². The number of hydrogen-bond acceptors (Lipinski definition) is 5. The first-order chi connectivity index (χ1) is 18.0. The third-order valence-electron chi connectivity index (χ3n) is 7.71. The highest BCUT2D eigenvalue weighted by Gasteiger charge is 2.38. The molecule has 1 saturated heterocycles. The molecule has 3 atom stereocenters. The number of piperazine rings is 1. The molecule has 1 aromatic carbocycles. The van der Waals surface area contributed by atoms with Crippen LogP contribution in [0.1, 0.15) is 58.9 Å². The maximum Gasteiger partial charge on any atom is 0.244 e. The quantitative estimate of drug-likeness (QED) is 0.428. The summed E-state index contributed by atoms with van der Waals surface area (Å²) in [5, 5.41) is 3.11. The molecule has 2 unspecified atom stereocenters. The molecule has 2 amide bonds. The highest BCUT2D eigenvalue weighted by Crippen LogP contribution is 2.38. The SMILES string of the molecule is CCC(CNC(=O)[C@H]1CN(C2c3ccc(C)cc3CCc3cc(Br)cnc32)CCN1C=O)c1cnc[nH]1. The smallest absolute Gasteiger partial charge is 0.244 e. The van der Waals surface area contributed by atoms with E-state index in [9.17, 15) is 9.59 Å². The summed E-state index contributed by atoms with van der Waals surface area (Å²) in [6, 6.07) is 8.17. The van der Waals surface area contributed by atoms with Crippen LogP contribution in [0.2, 0.25) is 0 Å². The molecule has 2 aromatic heterocycles. The minimum atomic E-state index is -0.568. The van der Waals surface area contributed by atoms with Crippen LogP contribution in [0.4, 0.5) is 0 Å². The van der Waals surface area contributed by atoms with Crippen molar-refractivity contribution in [3.63, 3.8) is 0 Å². The predicted molar refractivity (Wildman–Crippen MR) is 145 cm³/mol. The van der Waals surface area contributed by atoms with Crippen LogP contribution in [-0.2, 0) is 22.4 Å². The van der Waals surface area contributed by atoms with Crippen LogP contribution < -0.4 is 5.32 Å². The molecule has 8 nitrogen and oxygen atoms in total. The van der Waals surface area contributed by atoms with E-state index in [2.05, 4.69) is 74.2 Å². The molecule has 9 heteroatoms. The number of pyridine rings is 1. The Labute approximate surface area is 226 Å². The molecular formula is C28H33BrN6O2. The molecule has 0 spiro atoms. The van der Waals surface area contributed by atoms with Gasteiger partial charge in [0.2, 0.25) is 12.3 Å². The zero-order valence-electron chi connectivity index (χ0n) is 21.3. The van der Waals surface area contributed by atoms with Gasteiger partial charge in [-0.05, 0) is 64.9 Å². The van der Waals surface area contributed by atoms with E-state index in [1.54, 1.807) is 17.4 Å². The van der Waals surface area contributed by atoms with Gasteiger partial charge in [-0.15, -0.1) is 0 Å². The Morgan fingerprint density at radius 3 is 2.84 bits per heavy atom. The summed E-state index contributed by atoms with van der Waals surface area (Å²) in [5.41, 5.74) is 7.06. The molecule has 37 heavy (non-hydrogen) atoms. The van der Waals surface area contributed by atoms with Gasteiger partial charge in [-0.3, -0.25) is 19.5 Å². The van der Waals surface area contributed by atoms with Crippen LogP contribution >= 0.6 is 15.9 Å². The zero-order chi connectivity index (χ0) is 25.9. The lowest BCUT2D eigenvalue weighted by molar-refractivity contribution is -0.136. The fourth-order valence-corrected chi connectivity index (χ4v) is 6.04. The topological polar surface area (TPSA) is 94.2 Å². The number of hydrogen-bond donors (Lipinski definition) is 2. The van der Waals surface area contributed by atoms with E-state index >= 15 is 0 Å². The molecule has 1 aliphatic heterocycles. The van der Waals surface area contributed by atoms with Crippen molar-refractivity contribution in [3.8, 4) is 0 Å². The number of carbonyl (C=O) groups is 2. The molecule has 2 N–H and O–H groups in total. The van der Waals surface area contributed by atoms with Crippen LogP contribution in [0, 0.1) is 6.92 Å². The normalized spacial score (nSPS) is 20.5. The maximum absolute atomic E-state index is 13.4. The monoisotopic (exact) mass is 564 g/mol. The van der Waals surface area contributed by atoms with Gasteiger partial charge in [-0.2, -0.15) is 0 Å². The Kier molecular flexibility index (Phi) is 7.71. The second-order valence-corrected chi connectivity index (χ2v) is 10.9. The minimum Gasteiger partial charge on any atom is -0.354 e. The number of nitrogens with one attached hydrogen (secondary N) is 2. The standard InChI is InChI=1S/C28H33BrN6O2/c1-3-19(24-14-30-16-33-24)12-32-28(37)25-15-34(8-9-35(25)17-36)27-23-7-4-18(2)10-20(23)5-6-21-11-22(29)13-31-26(21)27/h4,7,10-11,13-14,16-17,19,25,27H,3,5-6,8-9,12,15H2,1-2H3,(H,30,33)(H,32,37)/t19?,25-,27?/m1/s1. The maximum atomic E-state index is 13.4. The summed E-state index contributed by atoms with van der Waals surface area (Å²) in [6.07, 6.45) is 8.85. The number of fused-ring (bicyclic) bond motifs is 2. The Bertz CT molecular complexity index is 1210. The predicted octanol–water partition coefficient (Wildman–Crippen LogP) is 3.52. The van der Waals surface area contributed by atoms with Crippen LogP contribution in [0.15, 0.2) is 47.5 Å². The lowest BCUT2D eigenvalue weighted by Gasteiger charge is -2.42. The number of H-pyrrole nitrogens is 1. The fraction of sp³-hybridized carbons (Fsp3) is 0.429. The molecule has 0 saturated carbocycles. The van der Waals surface area contributed by atoms with E-state index in [4.69, 9.17) is 4.98 Å². The van der Waals surface area contributed by atoms with Gasteiger partial charge < -0.3 is 15.2 Å². The van der Waals surface area contributed by atoms with Crippen LogP contribution in [0.25, 0.3) is 0 Å². The van der Waals surface area contributed by atoms with Gasteiger partial charge >= 0.3 is 0 Å². The fourth-order valence-electron chi connectivity index (χ4n) is 5.66. The van der Waals surface area contributed by atoms with Gasteiger partial charge in [0.1, 0.15) is 6.04 Å². The van der Waals surface area contributed by atoms with Crippen molar-refractivity contribution in [1.82, 2.24) is 30.1 Å². The van der Waals surface area contributed by atoms with Crippen molar-refractivity contribution in [1.29, 1.82) is 0 Å². The zero-order valence-corrected chi connectivity index (χ0v) is 22.9. The van der Waals surface area contributed by atoms with Gasteiger partial charge in [0.25, 0.3) is 0 Å². The Hall–Kier alpha value is -3.04. The first kappa shape index (κ1) is 25.6. The molecule has 1 aliphatic carbocycles. The molecule has 5 rings (SSSR count). The Morgan fingerprint density at radius 2 is 2.08 bits per heavy atom. The number of nitrogens with zero attached hydrogens (tertiary/aromatic N) is 4. The van der Waals surface area contributed by atoms with Crippen molar-refractivity contribution < 1.29 is 9.59 Å². The van der Waals surface area contributed by atoms with E-state index in [1.807, 2.05) is 6.20 Å². The van der Waals surface area contributed by atoms with E-state index in [-0.39, 0.29) is 17.9 Å². The largest absolute Gasteiger partial charge is 0.354 e. The van der Waals surface area contributed by atoms with Crippen LogP contribution in [-0.4, -0.2) is 69.3 Å². The van der Waals surface area contributed by atoms with E-state index < -0.39 is 6.04 Å². The minimum absolute atomic E-state index is 0.0707. The number of carbonyl (C=O) groups excluding carboxylic acids is 2. The van der Waals surface area contributed by atoms with Crippen molar-refractivity contribution in [2.75, 3.05) is 26.2 Å². The van der Waals surface area contributed by atoms with Crippen molar-refractivity contribution >= 4 is 28.2 Å². The highest BCUT2D eigenvalue weighted by molar-refractivity contribution is 9.10. The van der Waals surface area contributed by atoms with Crippen LogP contribution in [0.3, 0.4) is 0 Å². The molecule has 0 radical (unpaired) electrons. The second-order valence-electron chi connectivity index (χ2n) is 10.0. The van der Waals surface area contributed by atoms with Gasteiger partial charge in [-0.1, -0.05) is 30.7 Å². The first-order valence-electron chi connectivity index (χ1n) is 12.9. The van der Waals surface area contributed by atoms with Gasteiger partial charge in [0.05, 0.1) is 18.1 Å². The molecule has 194 valence electrons. The molecule has 3 heterocycles. The number of aromatic nitrogens is 3. The number of halogens is 1. The number of aromatic amines is 1. The summed E-state index contributed by atoms with van der Waals surface area (Å²) >= 11 is 3.59. The van der Waals surface area contributed by atoms with Gasteiger partial charge in [0, 0.05) is 54.7 Å². The average Bonchev–Trinajstić information content (AvgIpc) is 3.39.